The Kier molecular flexibility index (Phi) is 3.45. The highest BCUT2D eigenvalue weighted by Crippen LogP contribution is 2.33. The maximum absolute atomic E-state index is 3.68. The Bertz CT molecular complexity index is 177. The van der Waals surface area contributed by atoms with Gasteiger partial charge in [-0.1, -0.05) is 12.8 Å². The van der Waals surface area contributed by atoms with Gasteiger partial charge in [0.15, 0.2) is 0 Å². The second-order valence-electron chi connectivity index (χ2n) is 5.27. The standard InChI is InChI=1S/C12H24N2/c1-10(8-11-5-6-11)13-9-12-4-3-7-14(12)2/h10-13H,3-9H2,1-2H3. The van der Waals surface area contributed by atoms with Gasteiger partial charge in [0.2, 0.25) is 0 Å². The van der Waals surface area contributed by atoms with Gasteiger partial charge in [-0.2, -0.15) is 0 Å². The third-order valence-corrected chi connectivity index (χ3v) is 3.76. The molecule has 0 aromatic heterocycles. The van der Waals surface area contributed by atoms with Gasteiger partial charge in [-0.3, -0.25) is 0 Å². The Hall–Kier alpha value is -0.0800. The second-order valence-corrected chi connectivity index (χ2v) is 5.27. The Morgan fingerprint density at radius 1 is 1.36 bits per heavy atom. The van der Waals surface area contributed by atoms with Crippen LogP contribution in [0.15, 0.2) is 0 Å². The molecule has 0 bridgehead atoms. The summed E-state index contributed by atoms with van der Waals surface area (Å²) in [4.78, 5) is 2.50. The second kappa shape index (κ2) is 4.63. The fourth-order valence-corrected chi connectivity index (χ4v) is 2.51. The molecule has 14 heavy (non-hydrogen) atoms. The van der Waals surface area contributed by atoms with Crippen LogP contribution in [0.25, 0.3) is 0 Å². The maximum Gasteiger partial charge on any atom is 0.0218 e. The first-order valence-electron chi connectivity index (χ1n) is 6.19. The molecule has 1 saturated carbocycles. The number of nitrogens with zero attached hydrogens (tertiary/aromatic N) is 1. The Balaban J connectivity index is 1.60. The summed E-state index contributed by atoms with van der Waals surface area (Å²) < 4.78 is 0. The lowest BCUT2D eigenvalue weighted by Gasteiger charge is -2.22. The van der Waals surface area contributed by atoms with Crippen molar-refractivity contribution in [3.63, 3.8) is 0 Å². The average molecular weight is 196 g/mol. The zero-order chi connectivity index (χ0) is 9.97. The molecule has 82 valence electrons. The smallest absolute Gasteiger partial charge is 0.0218 e. The van der Waals surface area contributed by atoms with Gasteiger partial charge >= 0.3 is 0 Å². The first kappa shape index (κ1) is 10.4. The van der Waals surface area contributed by atoms with E-state index in [1.54, 1.807) is 0 Å². The molecule has 2 atom stereocenters. The highest BCUT2D eigenvalue weighted by molar-refractivity contribution is 4.82. The van der Waals surface area contributed by atoms with Gasteiger partial charge in [-0.05, 0) is 45.7 Å². The van der Waals surface area contributed by atoms with Crippen molar-refractivity contribution in [3.8, 4) is 0 Å². The molecule has 2 aliphatic rings. The molecule has 1 heterocycles. The normalized spacial score (nSPS) is 30.9. The fourth-order valence-electron chi connectivity index (χ4n) is 2.51. The van der Waals surface area contributed by atoms with Crippen LogP contribution in [-0.4, -0.2) is 37.1 Å². The van der Waals surface area contributed by atoms with E-state index in [-0.39, 0.29) is 0 Å². The lowest BCUT2D eigenvalue weighted by molar-refractivity contribution is 0.290. The highest BCUT2D eigenvalue weighted by Gasteiger charge is 2.25. The van der Waals surface area contributed by atoms with Crippen molar-refractivity contribution >= 4 is 0 Å². The van der Waals surface area contributed by atoms with Crippen LogP contribution in [0.5, 0.6) is 0 Å². The minimum Gasteiger partial charge on any atom is -0.313 e. The van der Waals surface area contributed by atoms with Crippen molar-refractivity contribution in [2.75, 3.05) is 20.1 Å². The zero-order valence-corrected chi connectivity index (χ0v) is 9.63. The zero-order valence-electron chi connectivity index (χ0n) is 9.63. The van der Waals surface area contributed by atoms with Crippen LogP contribution in [0.3, 0.4) is 0 Å². The van der Waals surface area contributed by atoms with Gasteiger partial charge < -0.3 is 10.2 Å². The summed E-state index contributed by atoms with van der Waals surface area (Å²) in [5.41, 5.74) is 0. The third-order valence-electron chi connectivity index (χ3n) is 3.76. The predicted molar refractivity (Wildman–Crippen MR) is 60.5 cm³/mol. The van der Waals surface area contributed by atoms with Crippen LogP contribution in [-0.2, 0) is 0 Å². The molecule has 0 spiro atoms. The Morgan fingerprint density at radius 3 is 2.71 bits per heavy atom. The van der Waals surface area contributed by atoms with E-state index in [2.05, 4.69) is 24.2 Å². The largest absolute Gasteiger partial charge is 0.313 e. The topological polar surface area (TPSA) is 15.3 Å². The van der Waals surface area contributed by atoms with Gasteiger partial charge in [0.1, 0.15) is 0 Å². The number of rotatable bonds is 5. The SMILES string of the molecule is CC(CC1CC1)NCC1CCCN1C. The molecule has 2 unspecified atom stereocenters. The first-order valence-corrected chi connectivity index (χ1v) is 6.19. The Morgan fingerprint density at radius 2 is 2.14 bits per heavy atom. The van der Waals surface area contributed by atoms with Crippen LogP contribution in [0, 0.1) is 5.92 Å². The quantitative estimate of drug-likeness (QED) is 0.722. The van der Waals surface area contributed by atoms with Crippen LogP contribution in [0.4, 0.5) is 0 Å². The lowest BCUT2D eigenvalue weighted by atomic mass is 10.1. The van der Waals surface area contributed by atoms with E-state index >= 15 is 0 Å². The summed E-state index contributed by atoms with van der Waals surface area (Å²) in [6.07, 6.45) is 7.14. The molecule has 2 nitrogen and oxygen atoms in total. The molecule has 2 fully saturated rings. The van der Waals surface area contributed by atoms with Crippen LogP contribution in [0.2, 0.25) is 0 Å². The van der Waals surface area contributed by atoms with Crippen LogP contribution < -0.4 is 5.32 Å². The third kappa shape index (κ3) is 2.96. The monoisotopic (exact) mass is 196 g/mol. The van der Waals surface area contributed by atoms with Crippen LogP contribution in [0.1, 0.15) is 39.0 Å². The summed E-state index contributed by atoms with van der Waals surface area (Å²) in [5, 5.41) is 3.68. The van der Waals surface area contributed by atoms with E-state index in [0.717, 1.165) is 18.0 Å². The molecule has 1 aliphatic carbocycles. The van der Waals surface area contributed by atoms with Gasteiger partial charge in [0, 0.05) is 18.6 Å². The first-order chi connectivity index (χ1) is 6.75. The minimum atomic E-state index is 0.733. The van der Waals surface area contributed by atoms with E-state index < -0.39 is 0 Å². The molecule has 2 heteroatoms. The molecular formula is C12H24N2. The summed E-state index contributed by atoms with van der Waals surface area (Å²) >= 11 is 0. The molecule has 2 rings (SSSR count). The number of likely N-dealkylation sites (N-methyl/N-ethyl adjacent to an activating group) is 1. The average Bonchev–Trinajstić information content (AvgIpc) is 2.86. The van der Waals surface area contributed by atoms with Crippen LogP contribution >= 0.6 is 0 Å². The van der Waals surface area contributed by atoms with Crippen molar-refractivity contribution in [1.82, 2.24) is 10.2 Å². The summed E-state index contributed by atoms with van der Waals surface area (Å²) in [6, 6.07) is 1.54. The highest BCUT2D eigenvalue weighted by atomic mass is 15.2. The van der Waals surface area contributed by atoms with E-state index in [9.17, 15) is 0 Å². The summed E-state index contributed by atoms with van der Waals surface area (Å²) in [6.45, 7) is 4.83. The van der Waals surface area contributed by atoms with Crippen molar-refractivity contribution in [2.45, 2.75) is 51.1 Å². The van der Waals surface area contributed by atoms with E-state index in [0.29, 0.717) is 0 Å². The fraction of sp³-hybridized carbons (Fsp3) is 1.00. The Labute approximate surface area is 88.1 Å². The summed E-state index contributed by atoms with van der Waals surface area (Å²) in [5.74, 6) is 1.05. The van der Waals surface area contributed by atoms with Gasteiger partial charge in [0.05, 0.1) is 0 Å². The molecule has 1 saturated heterocycles. The van der Waals surface area contributed by atoms with Crippen molar-refractivity contribution in [2.24, 2.45) is 5.92 Å². The van der Waals surface area contributed by atoms with Gasteiger partial charge in [-0.25, -0.2) is 0 Å². The summed E-state index contributed by atoms with van der Waals surface area (Å²) in [7, 11) is 2.25. The predicted octanol–water partition coefficient (Wildman–Crippen LogP) is 1.86. The molecule has 0 amide bonds. The van der Waals surface area contributed by atoms with Crippen molar-refractivity contribution < 1.29 is 0 Å². The molecule has 1 N–H and O–H groups in total. The molecular weight excluding hydrogens is 172 g/mol. The van der Waals surface area contributed by atoms with Crippen molar-refractivity contribution in [1.29, 1.82) is 0 Å². The molecule has 0 aromatic rings. The van der Waals surface area contributed by atoms with E-state index in [1.807, 2.05) is 0 Å². The number of likely N-dealkylation sites (tertiary alicyclic amines) is 1. The minimum absolute atomic E-state index is 0.733. The number of hydrogen-bond acceptors (Lipinski definition) is 2. The van der Waals surface area contributed by atoms with Gasteiger partial charge in [0.25, 0.3) is 0 Å². The maximum atomic E-state index is 3.68. The number of hydrogen-bond donors (Lipinski definition) is 1. The molecule has 0 aromatic carbocycles. The number of nitrogens with one attached hydrogen (secondary N) is 1. The molecule has 1 aliphatic heterocycles. The lowest BCUT2D eigenvalue weighted by Crippen LogP contribution is -2.39. The van der Waals surface area contributed by atoms with E-state index in [4.69, 9.17) is 0 Å². The van der Waals surface area contributed by atoms with Gasteiger partial charge in [-0.15, -0.1) is 0 Å². The van der Waals surface area contributed by atoms with Crippen molar-refractivity contribution in [3.05, 3.63) is 0 Å². The van der Waals surface area contributed by atoms with E-state index in [1.165, 1.54) is 45.2 Å². The molecule has 0 radical (unpaired) electrons.